The van der Waals surface area contributed by atoms with Crippen molar-refractivity contribution in [2.75, 3.05) is 7.11 Å². The maximum Gasteiger partial charge on any atom is 0.167 e. The molecule has 3 heteroatoms. The van der Waals surface area contributed by atoms with Crippen LogP contribution < -0.4 is 4.74 Å². The molecule has 0 aliphatic rings. The first-order chi connectivity index (χ1) is 8.10. The van der Waals surface area contributed by atoms with Crippen LogP contribution in [0, 0.1) is 23.2 Å². The van der Waals surface area contributed by atoms with Crippen LogP contribution in [0.4, 0.5) is 0 Å². The molecule has 0 heterocycles. The average molecular weight is 231 g/mol. The summed E-state index contributed by atoms with van der Waals surface area (Å²) >= 11 is 0. The predicted octanol–water partition coefficient (Wildman–Crippen LogP) is 3.06. The van der Waals surface area contributed by atoms with E-state index < -0.39 is 0 Å². The molecular formula is C14H17NO2. The summed E-state index contributed by atoms with van der Waals surface area (Å²) in [5, 5.41) is 8.74. The van der Waals surface area contributed by atoms with Gasteiger partial charge in [-0.15, -0.1) is 0 Å². The Morgan fingerprint density at radius 1 is 1.35 bits per heavy atom. The number of ether oxygens (including phenoxy) is 1. The molecule has 0 bridgehead atoms. The van der Waals surface area contributed by atoms with E-state index in [-0.39, 0.29) is 24.0 Å². The number of ketones is 1. The Morgan fingerprint density at radius 2 is 1.94 bits per heavy atom. The Hall–Kier alpha value is -1.82. The van der Waals surface area contributed by atoms with Crippen LogP contribution in [0.15, 0.2) is 24.3 Å². The van der Waals surface area contributed by atoms with Crippen molar-refractivity contribution in [3.8, 4) is 11.8 Å². The van der Waals surface area contributed by atoms with Crippen LogP contribution in [-0.2, 0) is 0 Å². The highest BCUT2D eigenvalue weighted by molar-refractivity contribution is 5.98. The second-order valence-electron chi connectivity index (χ2n) is 4.31. The molecule has 0 amide bonds. The third-order valence-electron chi connectivity index (χ3n) is 2.83. The van der Waals surface area contributed by atoms with Crippen molar-refractivity contribution in [2.24, 2.45) is 11.8 Å². The van der Waals surface area contributed by atoms with Crippen molar-refractivity contribution in [3.63, 3.8) is 0 Å². The second-order valence-corrected chi connectivity index (χ2v) is 4.31. The van der Waals surface area contributed by atoms with Crippen LogP contribution in [0.1, 0.15) is 30.6 Å². The summed E-state index contributed by atoms with van der Waals surface area (Å²) in [4.78, 5) is 12.2. The van der Waals surface area contributed by atoms with Crippen molar-refractivity contribution >= 4 is 5.78 Å². The highest BCUT2D eigenvalue weighted by atomic mass is 16.5. The maximum absolute atomic E-state index is 12.2. The van der Waals surface area contributed by atoms with E-state index in [0.717, 1.165) is 5.75 Å². The topological polar surface area (TPSA) is 50.1 Å². The van der Waals surface area contributed by atoms with Gasteiger partial charge < -0.3 is 4.74 Å². The largest absolute Gasteiger partial charge is 0.497 e. The number of carbonyl (C=O) groups excluding carboxylic acids is 1. The zero-order valence-electron chi connectivity index (χ0n) is 10.4. The molecule has 0 aliphatic carbocycles. The van der Waals surface area contributed by atoms with Crippen molar-refractivity contribution in [1.82, 2.24) is 0 Å². The molecule has 0 aromatic heterocycles. The lowest BCUT2D eigenvalue weighted by Gasteiger charge is -2.16. The van der Waals surface area contributed by atoms with E-state index >= 15 is 0 Å². The van der Waals surface area contributed by atoms with Crippen molar-refractivity contribution in [2.45, 2.75) is 20.3 Å². The molecule has 0 radical (unpaired) electrons. The number of nitriles is 1. The summed E-state index contributed by atoms with van der Waals surface area (Å²) in [7, 11) is 1.59. The fourth-order valence-electron chi connectivity index (χ4n) is 1.70. The van der Waals surface area contributed by atoms with Gasteiger partial charge in [0.05, 0.1) is 13.2 Å². The van der Waals surface area contributed by atoms with Crippen molar-refractivity contribution in [1.29, 1.82) is 5.26 Å². The first kappa shape index (κ1) is 13.2. The molecular weight excluding hydrogens is 214 g/mol. The summed E-state index contributed by atoms with van der Waals surface area (Å²) in [6.45, 7) is 3.92. The van der Waals surface area contributed by atoms with Gasteiger partial charge in [-0.25, -0.2) is 0 Å². The highest BCUT2D eigenvalue weighted by Crippen LogP contribution is 2.22. The number of hydrogen-bond donors (Lipinski definition) is 0. The van der Waals surface area contributed by atoms with Crippen molar-refractivity contribution in [3.05, 3.63) is 29.8 Å². The molecule has 0 saturated carbocycles. The molecule has 0 fully saturated rings. The molecule has 1 unspecified atom stereocenters. The Balaban J connectivity index is 2.90. The number of hydrogen-bond acceptors (Lipinski definition) is 3. The van der Waals surface area contributed by atoms with Gasteiger partial charge in [0.2, 0.25) is 0 Å². The quantitative estimate of drug-likeness (QED) is 0.732. The Kier molecular flexibility index (Phi) is 4.71. The molecule has 90 valence electrons. The van der Waals surface area contributed by atoms with Gasteiger partial charge >= 0.3 is 0 Å². The van der Waals surface area contributed by atoms with E-state index in [4.69, 9.17) is 10.00 Å². The fraction of sp³-hybridized carbons (Fsp3) is 0.429. The van der Waals surface area contributed by atoms with Gasteiger partial charge in [-0.2, -0.15) is 5.26 Å². The minimum absolute atomic E-state index is 0.0317. The molecule has 1 aromatic carbocycles. The normalized spacial score (nSPS) is 11.9. The number of methoxy groups -OCH3 is 1. The smallest absolute Gasteiger partial charge is 0.167 e. The van der Waals surface area contributed by atoms with Crippen LogP contribution in [0.5, 0.6) is 5.75 Å². The Labute approximate surface area is 102 Å². The van der Waals surface area contributed by atoms with Gasteiger partial charge in [0.25, 0.3) is 0 Å². The van der Waals surface area contributed by atoms with E-state index in [2.05, 4.69) is 6.07 Å². The van der Waals surface area contributed by atoms with E-state index in [9.17, 15) is 4.79 Å². The van der Waals surface area contributed by atoms with Gasteiger partial charge in [0.15, 0.2) is 5.78 Å². The molecule has 1 aromatic rings. The maximum atomic E-state index is 12.2. The molecule has 0 spiro atoms. The summed E-state index contributed by atoms with van der Waals surface area (Å²) in [6.07, 6.45) is 0.266. The Bertz CT molecular complexity index is 415. The van der Waals surface area contributed by atoms with Gasteiger partial charge in [0, 0.05) is 17.9 Å². The van der Waals surface area contributed by atoms with Gasteiger partial charge in [-0.1, -0.05) is 13.8 Å². The van der Waals surface area contributed by atoms with Crippen LogP contribution in [0.3, 0.4) is 0 Å². The monoisotopic (exact) mass is 231 g/mol. The summed E-state index contributed by atoms with van der Waals surface area (Å²) in [5.41, 5.74) is 0.639. The molecule has 0 N–H and O–H groups in total. The number of benzene rings is 1. The molecule has 1 atom stereocenters. The first-order valence-corrected chi connectivity index (χ1v) is 5.65. The molecule has 0 aliphatic heterocycles. The van der Waals surface area contributed by atoms with E-state index in [0.29, 0.717) is 5.56 Å². The molecule has 0 saturated heterocycles. The third-order valence-corrected chi connectivity index (χ3v) is 2.83. The van der Waals surface area contributed by atoms with Crippen molar-refractivity contribution < 1.29 is 9.53 Å². The summed E-state index contributed by atoms with van der Waals surface area (Å²) in [6, 6.07) is 9.09. The minimum atomic E-state index is -0.228. The number of nitrogens with zero attached hydrogens (tertiary/aromatic N) is 1. The van der Waals surface area contributed by atoms with Crippen LogP contribution >= 0.6 is 0 Å². The number of rotatable bonds is 5. The Morgan fingerprint density at radius 3 is 2.35 bits per heavy atom. The SMILES string of the molecule is COc1ccc(C(=O)C(CC#N)C(C)C)cc1. The van der Waals surface area contributed by atoms with E-state index in [1.807, 2.05) is 13.8 Å². The minimum Gasteiger partial charge on any atom is -0.497 e. The molecule has 3 nitrogen and oxygen atoms in total. The lowest BCUT2D eigenvalue weighted by molar-refractivity contribution is 0.0888. The zero-order valence-corrected chi connectivity index (χ0v) is 10.4. The molecule has 1 rings (SSSR count). The van der Waals surface area contributed by atoms with Crippen LogP contribution in [0.25, 0.3) is 0 Å². The van der Waals surface area contributed by atoms with Gasteiger partial charge in [-0.3, -0.25) is 4.79 Å². The lowest BCUT2D eigenvalue weighted by Crippen LogP contribution is -2.20. The average Bonchev–Trinajstić information content (AvgIpc) is 2.35. The second kappa shape index (κ2) is 6.05. The molecule has 17 heavy (non-hydrogen) atoms. The standard InChI is InChI=1S/C14H17NO2/c1-10(2)13(8-9-15)14(16)11-4-6-12(17-3)7-5-11/h4-7,10,13H,8H2,1-3H3. The summed E-state index contributed by atoms with van der Waals surface area (Å²) in [5.74, 6) is 0.699. The van der Waals surface area contributed by atoms with Gasteiger partial charge in [-0.05, 0) is 30.2 Å². The van der Waals surface area contributed by atoms with Gasteiger partial charge in [0.1, 0.15) is 5.75 Å². The first-order valence-electron chi connectivity index (χ1n) is 5.65. The van der Waals surface area contributed by atoms with Crippen LogP contribution in [-0.4, -0.2) is 12.9 Å². The summed E-state index contributed by atoms with van der Waals surface area (Å²) < 4.78 is 5.04. The highest BCUT2D eigenvalue weighted by Gasteiger charge is 2.23. The van der Waals surface area contributed by atoms with Crippen LogP contribution in [0.2, 0.25) is 0 Å². The number of carbonyl (C=O) groups is 1. The predicted molar refractivity (Wildman–Crippen MR) is 65.9 cm³/mol. The zero-order chi connectivity index (χ0) is 12.8. The van der Waals surface area contributed by atoms with E-state index in [1.165, 1.54) is 0 Å². The fourth-order valence-corrected chi connectivity index (χ4v) is 1.70. The number of Topliss-reactive ketones (excluding diaryl/α,β-unsaturated/α-hetero) is 1. The third kappa shape index (κ3) is 3.32. The lowest BCUT2D eigenvalue weighted by atomic mass is 9.86. The van der Waals surface area contributed by atoms with E-state index in [1.54, 1.807) is 31.4 Å².